The number of nitrogens with one attached hydrogen (secondary N) is 1. The van der Waals surface area contributed by atoms with Crippen LogP contribution in [0.2, 0.25) is 0 Å². The van der Waals surface area contributed by atoms with Crippen LogP contribution in [-0.2, 0) is 14.8 Å². The Hall–Kier alpha value is -2.54. The lowest BCUT2D eigenvalue weighted by Gasteiger charge is -2.28. The third kappa shape index (κ3) is 5.53. The van der Waals surface area contributed by atoms with Crippen molar-refractivity contribution in [1.82, 2.24) is 0 Å². The first-order valence-corrected chi connectivity index (χ1v) is 12.1. The molecule has 1 aliphatic carbocycles. The zero-order chi connectivity index (χ0) is 21.9. The maximum atomic E-state index is 12.9. The SMILES string of the molecule is Cc1cc(C)cc(N([C@@H](C)C(=O)Nc2ccc(OC3CCCC3)cc2)S(C)(=O)=O)c1. The van der Waals surface area contributed by atoms with Crippen LogP contribution in [0.1, 0.15) is 43.7 Å². The predicted octanol–water partition coefficient (Wildman–Crippen LogP) is 4.42. The molecule has 1 atom stereocenters. The van der Waals surface area contributed by atoms with Crippen molar-refractivity contribution in [3.05, 3.63) is 53.6 Å². The molecule has 0 saturated heterocycles. The largest absolute Gasteiger partial charge is 0.490 e. The molecule has 0 unspecified atom stereocenters. The average Bonchev–Trinajstić information content (AvgIpc) is 3.14. The van der Waals surface area contributed by atoms with Crippen LogP contribution in [0.15, 0.2) is 42.5 Å². The van der Waals surface area contributed by atoms with E-state index in [-0.39, 0.29) is 6.10 Å². The first-order chi connectivity index (χ1) is 14.1. The Balaban J connectivity index is 1.73. The third-order valence-corrected chi connectivity index (χ3v) is 6.52. The molecule has 2 aromatic rings. The molecule has 1 fully saturated rings. The number of hydrogen-bond donors (Lipinski definition) is 1. The molecular formula is C23H30N2O4S. The summed E-state index contributed by atoms with van der Waals surface area (Å²) >= 11 is 0. The molecule has 1 saturated carbocycles. The number of ether oxygens (including phenoxy) is 1. The number of hydrogen-bond acceptors (Lipinski definition) is 4. The first kappa shape index (κ1) is 22.2. The molecule has 2 aromatic carbocycles. The van der Waals surface area contributed by atoms with Gasteiger partial charge in [0, 0.05) is 5.69 Å². The molecule has 1 aliphatic rings. The minimum absolute atomic E-state index is 0.270. The van der Waals surface area contributed by atoms with Crippen LogP contribution >= 0.6 is 0 Å². The molecule has 0 bridgehead atoms. The fourth-order valence-corrected chi connectivity index (χ4v) is 5.11. The van der Waals surface area contributed by atoms with Gasteiger partial charge in [0.25, 0.3) is 0 Å². The van der Waals surface area contributed by atoms with Crippen LogP contribution in [0.3, 0.4) is 0 Å². The normalized spacial score (nSPS) is 15.6. The van der Waals surface area contributed by atoms with Crippen molar-refractivity contribution in [3.63, 3.8) is 0 Å². The lowest BCUT2D eigenvalue weighted by Crippen LogP contribution is -2.45. The van der Waals surface area contributed by atoms with E-state index in [4.69, 9.17) is 4.74 Å². The van der Waals surface area contributed by atoms with Crippen LogP contribution in [0.25, 0.3) is 0 Å². The fraction of sp³-hybridized carbons (Fsp3) is 0.435. The Morgan fingerprint density at radius 1 is 1.07 bits per heavy atom. The topological polar surface area (TPSA) is 75.7 Å². The van der Waals surface area contributed by atoms with Crippen molar-refractivity contribution < 1.29 is 17.9 Å². The highest BCUT2D eigenvalue weighted by molar-refractivity contribution is 7.92. The molecule has 1 amide bonds. The van der Waals surface area contributed by atoms with Gasteiger partial charge in [0.2, 0.25) is 15.9 Å². The van der Waals surface area contributed by atoms with Crippen molar-refractivity contribution in [3.8, 4) is 5.75 Å². The first-order valence-electron chi connectivity index (χ1n) is 10.3. The second kappa shape index (κ2) is 9.08. The molecule has 0 spiro atoms. The quantitative estimate of drug-likeness (QED) is 0.706. The summed E-state index contributed by atoms with van der Waals surface area (Å²) in [4.78, 5) is 12.9. The van der Waals surface area contributed by atoms with Gasteiger partial charge in [-0.05, 0) is 94.0 Å². The van der Waals surface area contributed by atoms with Crippen molar-refractivity contribution in [1.29, 1.82) is 0 Å². The summed E-state index contributed by atoms with van der Waals surface area (Å²) in [5.41, 5.74) is 2.95. The minimum Gasteiger partial charge on any atom is -0.490 e. The maximum absolute atomic E-state index is 12.9. The second-order valence-corrected chi connectivity index (χ2v) is 9.98. The second-order valence-electron chi connectivity index (χ2n) is 8.12. The highest BCUT2D eigenvalue weighted by atomic mass is 32.2. The summed E-state index contributed by atoms with van der Waals surface area (Å²) in [5, 5.41) is 2.81. The molecule has 1 N–H and O–H groups in total. The van der Waals surface area contributed by atoms with Gasteiger partial charge in [0.15, 0.2) is 0 Å². The van der Waals surface area contributed by atoms with E-state index in [1.54, 1.807) is 31.2 Å². The fourth-order valence-electron chi connectivity index (χ4n) is 3.95. The van der Waals surface area contributed by atoms with Crippen LogP contribution in [0.4, 0.5) is 11.4 Å². The van der Waals surface area contributed by atoms with Gasteiger partial charge in [-0.1, -0.05) is 6.07 Å². The predicted molar refractivity (Wildman–Crippen MR) is 121 cm³/mol. The molecule has 3 rings (SSSR count). The number of nitrogens with zero attached hydrogens (tertiary/aromatic N) is 1. The number of carbonyl (C=O) groups excluding carboxylic acids is 1. The van der Waals surface area contributed by atoms with Crippen LogP contribution in [0, 0.1) is 13.8 Å². The van der Waals surface area contributed by atoms with Crippen molar-refractivity contribution in [2.24, 2.45) is 0 Å². The number of sulfonamides is 1. The number of anilines is 2. The molecule has 0 radical (unpaired) electrons. The number of carbonyl (C=O) groups is 1. The van der Waals surface area contributed by atoms with E-state index >= 15 is 0 Å². The van der Waals surface area contributed by atoms with Gasteiger partial charge in [-0.3, -0.25) is 9.10 Å². The number of rotatable bonds is 7. The van der Waals surface area contributed by atoms with Gasteiger partial charge >= 0.3 is 0 Å². The lowest BCUT2D eigenvalue weighted by atomic mass is 10.1. The summed E-state index contributed by atoms with van der Waals surface area (Å²) < 4.78 is 32.1. The Morgan fingerprint density at radius 2 is 1.63 bits per heavy atom. The van der Waals surface area contributed by atoms with Crippen molar-refractivity contribution >= 4 is 27.3 Å². The number of benzene rings is 2. The Bertz CT molecular complexity index is 976. The Kier molecular flexibility index (Phi) is 6.71. The summed E-state index contributed by atoms with van der Waals surface area (Å²) in [5.74, 6) is 0.380. The van der Waals surface area contributed by atoms with Crippen molar-refractivity contribution in [2.45, 2.75) is 58.6 Å². The molecule has 0 heterocycles. The van der Waals surface area contributed by atoms with Gasteiger partial charge < -0.3 is 10.1 Å². The van der Waals surface area contributed by atoms with E-state index in [1.165, 1.54) is 17.1 Å². The number of aryl methyl sites for hydroxylation is 2. The van der Waals surface area contributed by atoms with E-state index < -0.39 is 22.0 Å². The average molecular weight is 431 g/mol. The van der Waals surface area contributed by atoms with Crippen molar-refractivity contribution in [2.75, 3.05) is 15.9 Å². The summed E-state index contributed by atoms with van der Waals surface area (Å²) in [7, 11) is -3.66. The zero-order valence-corrected chi connectivity index (χ0v) is 18.8. The Labute approximate surface area is 179 Å². The summed E-state index contributed by atoms with van der Waals surface area (Å²) in [6.07, 6.45) is 5.95. The van der Waals surface area contributed by atoms with Gasteiger partial charge in [-0.15, -0.1) is 0 Å². The highest BCUT2D eigenvalue weighted by Crippen LogP contribution is 2.26. The van der Waals surface area contributed by atoms with Crippen LogP contribution in [-0.4, -0.2) is 32.7 Å². The van der Waals surface area contributed by atoms with E-state index in [9.17, 15) is 13.2 Å². The van der Waals surface area contributed by atoms with E-state index in [0.717, 1.165) is 36.0 Å². The standard InChI is InChI=1S/C23H30N2O4S/c1-16-13-17(2)15-20(14-16)25(30(4,27)28)18(3)23(26)24-19-9-11-22(12-10-19)29-21-7-5-6-8-21/h9-15,18,21H,5-8H2,1-4H3,(H,24,26)/t18-/m0/s1. The third-order valence-electron chi connectivity index (χ3n) is 5.28. The smallest absolute Gasteiger partial charge is 0.247 e. The summed E-state index contributed by atoms with van der Waals surface area (Å²) in [6, 6.07) is 11.8. The summed E-state index contributed by atoms with van der Waals surface area (Å²) in [6.45, 7) is 5.39. The van der Waals surface area contributed by atoms with Gasteiger partial charge in [0.1, 0.15) is 11.8 Å². The van der Waals surface area contributed by atoms with E-state index in [2.05, 4.69) is 5.32 Å². The molecule has 30 heavy (non-hydrogen) atoms. The van der Waals surface area contributed by atoms with E-state index in [1.807, 2.05) is 32.0 Å². The van der Waals surface area contributed by atoms with Gasteiger partial charge in [0.05, 0.1) is 18.0 Å². The lowest BCUT2D eigenvalue weighted by molar-refractivity contribution is -0.116. The van der Waals surface area contributed by atoms with Crippen LogP contribution in [0.5, 0.6) is 5.75 Å². The molecule has 0 aliphatic heterocycles. The number of amides is 1. The monoisotopic (exact) mass is 430 g/mol. The molecule has 0 aromatic heterocycles. The molecule has 7 heteroatoms. The molecule has 162 valence electrons. The molecular weight excluding hydrogens is 400 g/mol. The van der Waals surface area contributed by atoms with Crippen LogP contribution < -0.4 is 14.4 Å². The van der Waals surface area contributed by atoms with E-state index in [0.29, 0.717) is 11.4 Å². The highest BCUT2D eigenvalue weighted by Gasteiger charge is 2.29. The Morgan fingerprint density at radius 3 is 2.17 bits per heavy atom. The minimum atomic E-state index is -3.66. The zero-order valence-electron chi connectivity index (χ0n) is 18.0. The maximum Gasteiger partial charge on any atom is 0.247 e. The van der Waals surface area contributed by atoms with Gasteiger partial charge in [-0.2, -0.15) is 0 Å². The van der Waals surface area contributed by atoms with Gasteiger partial charge in [-0.25, -0.2) is 8.42 Å². The molecule has 6 nitrogen and oxygen atoms in total.